The second-order valence-electron chi connectivity index (χ2n) is 5.69. The number of anilines is 1. The van der Waals surface area contributed by atoms with E-state index in [1.165, 1.54) is 23.4 Å². The summed E-state index contributed by atoms with van der Waals surface area (Å²) in [6.07, 6.45) is 1.43. The fourth-order valence-electron chi connectivity index (χ4n) is 2.23. The van der Waals surface area contributed by atoms with Crippen LogP contribution in [0.1, 0.15) is 11.3 Å². The van der Waals surface area contributed by atoms with E-state index in [1.807, 2.05) is 55.5 Å². The third kappa shape index (κ3) is 5.13. The predicted octanol–water partition coefficient (Wildman–Crippen LogP) is 6.05. The van der Waals surface area contributed by atoms with Crippen LogP contribution in [0, 0.1) is 18.3 Å². The zero-order chi connectivity index (χ0) is 19.2. The van der Waals surface area contributed by atoms with Gasteiger partial charge in [-0.1, -0.05) is 47.7 Å². The van der Waals surface area contributed by atoms with E-state index < -0.39 is 5.91 Å². The van der Waals surface area contributed by atoms with E-state index in [0.717, 1.165) is 9.37 Å². The summed E-state index contributed by atoms with van der Waals surface area (Å²) in [7, 11) is 0. The van der Waals surface area contributed by atoms with Gasteiger partial charge >= 0.3 is 0 Å². The Hall–Kier alpha value is -2.75. The van der Waals surface area contributed by atoms with Crippen LogP contribution in [0.4, 0.5) is 5.69 Å². The minimum absolute atomic E-state index is 0.0352. The lowest BCUT2D eigenvalue weighted by molar-refractivity contribution is -0.112. The summed E-state index contributed by atoms with van der Waals surface area (Å²) < 4.78 is 6.55. The van der Waals surface area contributed by atoms with Gasteiger partial charge in [0.1, 0.15) is 17.4 Å². The summed E-state index contributed by atoms with van der Waals surface area (Å²) >= 11 is 4.93. The Balaban J connectivity index is 1.77. The van der Waals surface area contributed by atoms with Gasteiger partial charge in [-0.2, -0.15) is 5.26 Å². The molecule has 0 fully saturated rings. The van der Waals surface area contributed by atoms with Crippen molar-refractivity contribution in [2.45, 2.75) is 16.9 Å². The first kappa shape index (κ1) is 19.0. The SMILES string of the molecule is Cc1ccc(Sc2oc(/C=C(/C#N)C(=O)Nc3ccccc3)cc2Br)cc1. The lowest BCUT2D eigenvalue weighted by atomic mass is 10.2. The molecule has 27 heavy (non-hydrogen) atoms. The molecule has 0 saturated carbocycles. The zero-order valence-electron chi connectivity index (χ0n) is 14.4. The highest BCUT2D eigenvalue weighted by molar-refractivity contribution is 9.10. The van der Waals surface area contributed by atoms with Gasteiger partial charge in [0.2, 0.25) is 0 Å². The van der Waals surface area contributed by atoms with Gasteiger partial charge in [-0.05, 0) is 53.2 Å². The molecule has 0 aliphatic carbocycles. The molecule has 0 saturated heterocycles. The van der Waals surface area contributed by atoms with Crippen molar-refractivity contribution in [2.75, 3.05) is 5.32 Å². The first-order chi connectivity index (χ1) is 13.0. The normalized spacial score (nSPS) is 11.1. The maximum absolute atomic E-state index is 12.3. The Kier molecular flexibility index (Phi) is 6.17. The number of nitriles is 1. The molecule has 0 bridgehead atoms. The molecular weight excluding hydrogens is 424 g/mol. The fourth-order valence-corrected chi connectivity index (χ4v) is 3.56. The minimum Gasteiger partial charge on any atom is -0.449 e. The van der Waals surface area contributed by atoms with Crippen LogP contribution < -0.4 is 5.32 Å². The van der Waals surface area contributed by atoms with Crippen molar-refractivity contribution in [1.82, 2.24) is 0 Å². The summed E-state index contributed by atoms with van der Waals surface area (Å²) in [5.41, 5.74) is 1.77. The van der Waals surface area contributed by atoms with Gasteiger partial charge in [-0.15, -0.1) is 0 Å². The average molecular weight is 439 g/mol. The van der Waals surface area contributed by atoms with Gasteiger partial charge in [0.15, 0.2) is 5.09 Å². The predicted molar refractivity (Wildman–Crippen MR) is 110 cm³/mol. The monoisotopic (exact) mass is 438 g/mol. The molecule has 0 radical (unpaired) electrons. The molecule has 4 nitrogen and oxygen atoms in total. The van der Waals surface area contributed by atoms with Crippen LogP contribution in [-0.4, -0.2) is 5.91 Å². The molecule has 2 aromatic carbocycles. The first-order valence-corrected chi connectivity index (χ1v) is 9.68. The Bertz CT molecular complexity index is 1020. The number of benzene rings is 2. The molecule has 1 aromatic heterocycles. The number of amides is 1. The van der Waals surface area contributed by atoms with Crippen molar-refractivity contribution in [3.05, 3.63) is 82.0 Å². The number of nitrogens with zero attached hydrogens (tertiary/aromatic N) is 1. The minimum atomic E-state index is -0.482. The molecule has 3 aromatic rings. The number of halogens is 1. The third-order valence-corrected chi connectivity index (χ3v) is 5.44. The van der Waals surface area contributed by atoms with E-state index in [2.05, 4.69) is 21.2 Å². The highest BCUT2D eigenvalue weighted by Gasteiger charge is 2.14. The molecule has 0 aliphatic heterocycles. The van der Waals surface area contributed by atoms with E-state index >= 15 is 0 Å². The number of aryl methyl sites for hydroxylation is 1. The lowest BCUT2D eigenvalue weighted by Gasteiger charge is -2.03. The quantitative estimate of drug-likeness (QED) is 0.388. The zero-order valence-corrected chi connectivity index (χ0v) is 16.8. The molecular formula is C21H15BrN2O2S. The maximum atomic E-state index is 12.3. The third-order valence-electron chi connectivity index (χ3n) is 3.59. The summed E-state index contributed by atoms with van der Waals surface area (Å²) in [6.45, 7) is 2.03. The van der Waals surface area contributed by atoms with Crippen LogP contribution in [0.2, 0.25) is 0 Å². The number of hydrogen-bond donors (Lipinski definition) is 1. The van der Waals surface area contributed by atoms with Crippen LogP contribution in [-0.2, 0) is 4.79 Å². The summed E-state index contributed by atoms with van der Waals surface area (Å²) in [5, 5.41) is 12.7. The Morgan fingerprint density at radius 3 is 2.56 bits per heavy atom. The molecule has 0 unspecified atom stereocenters. The molecule has 1 amide bonds. The van der Waals surface area contributed by atoms with E-state index in [-0.39, 0.29) is 5.57 Å². The Morgan fingerprint density at radius 1 is 1.19 bits per heavy atom. The Labute approximate surface area is 170 Å². The smallest absolute Gasteiger partial charge is 0.266 e. The maximum Gasteiger partial charge on any atom is 0.266 e. The molecule has 0 atom stereocenters. The number of hydrogen-bond acceptors (Lipinski definition) is 4. The highest BCUT2D eigenvalue weighted by atomic mass is 79.9. The van der Waals surface area contributed by atoms with Crippen molar-refractivity contribution >= 4 is 45.4 Å². The van der Waals surface area contributed by atoms with Gasteiger partial charge < -0.3 is 9.73 Å². The van der Waals surface area contributed by atoms with Crippen LogP contribution in [0.5, 0.6) is 0 Å². The van der Waals surface area contributed by atoms with Crippen molar-refractivity contribution < 1.29 is 9.21 Å². The standard InChI is InChI=1S/C21H15BrN2O2S/c1-14-7-9-18(10-8-14)27-21-19(22)12-17(26-21)11-15(13-23)20(25)24-16-5-3-2-4-6-16/h2-12H,1H3,(H,24,25)/b15-11-. The topological polar surface area (TPSA) is 66.0 Å². The van der Waals surface area contributed by atoms with Crippen molar-refractivity contribution in [3.63, 3.8) is 0 Å². The summed E-state index contributed by atoms with van der Waals surface area (Å²) in [5.74, 6) is -0.0554. The summed E-state index contributed by atoms with van der Waals surface area (Å²) in [6, 6.07) is 20.7. The summed E-state index contributed by atoms with van der Waals surface area (Å²) in [4.78, 5) is 13.3. The van der Waals surface area contributed by atoms with Crippen molar-refractivity contribution in [3.8, 4) is 6.07 Å². The van der Waals surface area contributed by atoms with Crippen molar-refractivity contribution in [2.24, 2.45) is 0 Å². The molecule has 1 heterocycles. The average Bonchev–Trinajstić information content (AvgIpc) is 3.01. The number of para-hydroxylation sites is 1. The van der Waals surface area contributed by atoms with E-state index in [1.54, 1.807) is 18.2 Å². The molecule has 1 N–H and O–H groups in total. The second-order valence-corrected chi connectivity index (χ2v) is 7.59. The van der Waals surface area contributed by atoms with E-state index in [0.29, 0.717) is 16.5 Å². The second kappa shape index (κ2) is 8.76. The van der Waals surface area contributed by atoms with Gasteiger partial charge in [0, 0.05) is 16.7 Å². The Morgan fingerprint density at radius 2 is 1.89 bits per heavy atom. The molecule has 0 aliphatic rings. The molecule has 0 spiro atoms. The number of rotatable bonds is 5. The number of carbonyl (C=O) groups is 1. The van der Waals surface area contributed by atoms with Crippen molar-refractivity contribution in [1.29, 1.82) is 5.26 Å². The van der Waals surface area contributed by atoms with Gasteiger partial charge in [-0.25, -0.2) is 0 Å². The molecule has 134 valence electrons. The molecule has 3 rings (SSSR count). The largest absolute Gasteiger partial charge is 0.449 e. The first-order valence-electron chi connectivity index (χ1n) is 8.07. The van der Waals surface area contributed by atoms with Crippen LogP contribution in [0.15, 0.2) is 85.1 Å². The highest BCUT2D eigenvalue weighted by Crippen LogP contribution is 2.36. The van der Waals surface area contributed by atoms with Crippen LogP contribution in [0.25, 0.3) is 6.08 Å². The van der Waals surface area contributed by atoms with E-state index in [4.69, 9.17) is 4.42 Å². The fraction of sp³-hybridized carbons (Fsp3) is 0.0476. The number of carbonyl (C=O) groups excluding carboxylic acids is 1. The van der Waals surface area contributed by atoms with Crippen LogP contribution >= 0.6 is 27.7 Å². The van der Waals surface area contributed by atoms with Gasteiger partial charge in [-0.3, -0.25) is 4.79 Å². The van der Waals surface area contributed by atoms with Crippen LogP contribution in [0.3, 0.4) is 0 Å². The number of nitrogens with one attached hydrogen (secondary N) is 1. The van der Waals surface area contributed by atoms with E-state index in [9.17, 15) is 10.1 Å². The molecule has 6 heteroatoms. The van der Waals surface area contributed by atoms with Gasteiger partial charge in [0.05, 0.1) is 4.47 Å². The van der Waals surface area contributed by atoms with Gasteiger partial charge in [0.25, 0.3) is 5.91 Å². The number of furan rings is 1. The lowest BCUT2D eigenvalue weighted by Crippen LogP contribution is -2.13.